The van der Waals surface area contributed by atoms with Crippen molar-refractivity contribution in [3.05, 3.63) is 35.9 Å². The molecule has 0 bridgehead atoms. The van der Waals surface area contributed by atoms with Crippen LogP contribution in [0.15, 0.2) is 30.3 Å². The van der Waals surface area contributed by atoms with E-state index in [1.807, 2.05) is 30.3 Å². The average molecular weight is 335 g/mol. The van der Waals surface area contributed by atoms with Crippen molar-refractivity contribution in [3.8, 4) is 0 Å². The third kappa shape index (κ3) is 4.00. The number of hydrogen-bond acceptors (Lipinski definition) is 4. The second-order valence-corrected chi connectivity index (χ2v) is 7.48. The minimum atomic E-state index is 0.0381. The van der Waals surface area contributed by atoms with Crippen LogP contribution in [0.1, 0.15) is 23.2 Å². The number of benzene rings is 1. The first-order valence-electron chi connectivity index (χ1n) is 7.72. The van der Waals surface area contributed by atoms with E-state index in [1.54, 1.807) is 11.8 Å². The first-order chi connectivity index (χ1) is 10.7. The molecule has 0 aliphatic carbocycles. The summed E-state index contributed by atoms with van der Waals surface area (Å²) in [7, 11) is 0. The maximum Gasteiger partial charge on any atom is 0.251 e. The standard InChI is InChI=1S/C16H21N3OS2/c20-15(13-4-2-1-3-5-13)17-14-6-8-18(9-7-14)12-19-10-11-22-16(19)21/h1-5,14H,6-12H2,(H,17,20). The topological polar surface area (TPSA) is 35.6 Å². The molecular formula is C16H21N3OS2. The molecule has 2 fully saturated rings. The lowest BCUT2D eigenvalue weighted by atomic mass is 10.0. The Bertz CT molecular complexity index is 529. The molecule has 2 saturated heterocycles. The van der Waals surface area contributed by atoms with Gasteiger partial charge in [0, 0.05) is 37.0 Å². The average Bonchev–Trinajstić information content (AvgIpc) is 2.95. The van der Waals surface area contributed by atoms with Crippen LogP contribution < -0.4 is 5.32 Å². The van der Waals surface area contributed by atoms with Crippen LogP contribution in [0.3, 0.4) is 0 Å². The van der Waals surface area contributed by atoms with Crippen LogP contribution in [0.25, 0.3) is 0 Å². The highest BCUT2D eigenvalue weighted by molar-refractivity contribution is 8.23. The maximum absolute atomic E-state index is 12.2. The van der Waals surface area contributed by atoms with Gasteiger partial charge in [0.05, 0.1) is 6.67 Å². The van der Waals surface area contributed by atoms with Crippen molar-refractivity contribution < 1.29 is 4.79 Å². The second-order valence-electron chi connectivity index (χ2n) is 5.75. The fraction of sp³-hybridized carbons (Fsp3) is 0.500. The van der Waals surface area contributed by atoms with Gasteiger partial charge in [-0.15, -0.1) is 0 Å². The van der Waals surface area contributed by atoms with Crippen molar-refractivity contribution in [2.45, 2.75) is 18.9 Å². The van der Waals surface area contributed by atoms with Gasteiger partial charge in [0.2, 0.25) is 0 Å². The number of carbonyl (C=O) groups excluding carboxylic acids is 1. The van der Waals surface area contributed by atoms with Gasteiger partial charge in [-0.1, -0.05) is 42.2 Å². The van der Waals surface area contributed by atoms with Gasteiger partial charge in [-0.05, 0) is 25.0 Å². The number of rotatable bonds is 4. The molecule has 0 radical (unpaired) electrons. The van der Waals surface area contributed by atoms with E-state index in [0.29, 0.717) is 0 Å². The molecule has 22 heavy (non-hydrogen) atoms. The van der Waals surface area contributed by atoms with E-state index in [9.17, 15) is 4.79 Å². The van der Waals surface area contributed by atoms with Gasteiger partial charge in [-0.3, -0.25) is 9.69 Å². The summed E-state index contributed by atoms with van der Waals surface area (Å²) in [5.74, 6) is 1.15. The molecule has 4 nitrogen and oxygen atoms in total. The summed E-state index contributed by atoms with van der Waals surface area (Å²) in [6, 6.07) is 9.72. The van der Waals surface area contributed by atoms with Crippen molar-refractivity contribution in [3.63, 3.8) is 0 Å². The summed E-state index contributed by atoms with van der Waals surface area (Å²) in [5.41, 5.74) is 0.740. The number of hydrogen-bond donors (Lipinski definition) is 1. The summed E-state index contributed by atoms with van der Waals surface area (Å²) in [6.07, 6.45) is 2.01. The highest BCUT2D eigenvalue weighted by atomic mass is 32.2. The molecule has 0 unspecified atom stereocenters. The summed E-state index contributed by atoms with van der Waals surface area (Å²) in [6.45, 7) is 4.03. The summed E-state index contributed by atoms with van der Waals surface area (Å²) in [5, 5.41) is 3.15. The van der Waals surface area contributed by atoms with Gasteiger partial charge in [0.25, 0.3) is 5.91 Å². The van der Waals surface area contributed by atoms with Crippen molar-refractivity contribution in [1.29, 1.82) is 0 Å². The highest BCUT2D eigenvalue weighted by Gasteiger charge is 2.24. The summed E-state index contributed by atoms with van der Waals surface area (Å²) < 4.78 is 1.03. The Labute approximate surface area is 141 Å². The molecule has 1 aromatic carbocycles. The zero-order valence-electron chi connectivity index (χ0n) is 12.5. The van der Waals surface area contributed by atoms with Crippen LogP contribution in [0.5, 0.6) is 0 Å². The Morgan fingerprint density at radius 3 is 2.59 bits per heavy atom. The Balaban J connectivity index is 1.44. The zero-order chi connectivity index (χ0) is 15.4. The number of thiocarbonyl (C=S) groups is 1. The van der Waals surface area contributed by atoms with E-state index >= 15 is 0 Å². The van der Waals surface area contributed by atoms with Crippen molar-refractivity contribution in [2.24, 2.45) is 0 Å². The summed E-state index contributed by atoms with van der Waals surface area (Å²) in [4.78, 5) is 16.9. The molecule has 1 amide bonds. The van der Waals surface area contributed by atoms with Gasteiger partial charge in [-0.25, -0.2) is 0 Å². The lowest BCUT2D eigenvalue weighted by molar-refractivity contribution is 0.0897. The molecule has 6 heteroatoms. The van der Waals surface area contributed by atoms with E-state index in [2.05, 4.69) is 15.1 Å². The molecule has 3 rings (SSSR count). The SMILES string of the molecule is O=C(NC1CCN(CN2CCSC2=S)CC1)c1ccccc1. The molecule has 0 spiro atoms. The van der Waals surface area contributed by atoms with E-state index in [1.165, 1.54) is 0 Å². The quantitative estimate of drug-likeness (QED) is 0.854. The molecule has 1 N–H and O–H groups in total. The smallest absolute Gasteiger partial charge is 0.251 e. The number of amides is 1. The largest absolute Gasteiger partial charge is 0.349 e. The molecule has 2 aliphatic rings. The Morgan fingerprint density at radius 2 is 1.95 bits per heavy atom. The van der Waals surface area contributed by atoms with Gasteiger partial charge in [-0.2, -0.15) is 0 Å². The Hall–Kier alpha value is -1.11. The van der Waals surface area contributed by atoms with Crippen LogP contribution in [-0.4, -0.2) is 58.1 Å². The third-order valence-electron chi connectivity index (χ3n) is 4.17. The highest BCUT2D eigenvalue weighted by Crippen LogP contribution is 2.19. The fourth-order valence-corrected chi connectivity index (χ4v) is 4.09. The molecule has 2 heterocycles. The van der Waals surface area contributed by atoms with Crippen LogP contribution in [0.2, 0.25) is 0 Å². The third-order valence-corrected chi connectivity index (χ3v) is 5.68. The fourth-order valence-electron chi connectivity index (χ4n) is 2.87. The van der Waals surface area contributed by atoms with Gasteiger partial charge >= 0.3 is 0 Å². The maximum atomic E-state index is 12.2. The monoisotopic (exact) mass is 335 g/mol. The Kier molecular flexibility index (Phi) is 5.33. The van der Waals surface area contributed by atoms with Crippen LogP contribution >= 0.6 is 24.0 Å². The molecule has 0 atom stereocenters. The number of nitrogens with zero attached hydrogens (tertiary/aromatic N) is 2. The molecule has 0 aromatic heterocycles. The van der Waals surface area contributed by atoms with Crippen LogP contribution in [0, 0.1) is 0 Å². The molecule has 0 saturated carbocycles. The van der Waals surface area contributed by atoms with E-state index < -0.39 is 0 Å². The van der Waals surface area contributed by atoms with Crippen molar-refractivity contribution in [2.75, 3.05) is 32.1 Å². The van der Waals surface area contributed by atoms with Crippen LogP contribution in [-0.2, 0) is 0 Å². The van der Waals surface area contributed by atoms with E-state index in [-0.39, 0.29) is 11.9 Å². The number of likely N-dealkylation sites (tertiary alicyclic amines) is 1. The molecule has 1 aromatic rings. The number of nitrogens with one attached hydrogen (secondary N) is 1. The zero-order valence-corrected chi connectivity index (χ0v) is 14.2. The van der Waals surface area contributed by atoms with Gasteiger partial charge in [0.1, 0.15) is 4.32 Å². The number of carbonyl (C=O) groups is 1. The molecular weight excluding hydrogens is 314 g/mol. The minimum absolute atomic E-state index is 0.0381. The number of thioether (sulfide) groups is 1. The number of piperidine rings is 1. The van der Waals surface area contributed by atoms with Gasteiger partial charge in [0.15, 0.2) is 0 Å². The lowest BCUT2D eigenvalue weighted by Gasteiger charge is -2.35. The lowest BCUT2D eigenvalue weighted by Crippen LogP contribution is -2.47. The summed E-state index contributed by atoms with van der Waals surface area (Å²) >= 11 is 7.12. The molecule has 118 valence electrons. The Morgan fingerprint density at radius 1 is 1.23 bits per heavy atom. The second kappa shape index (κ2) is 7.44. The van der Waals surface area contributed by atoms with Crippen molar-refractivity contribution >= 4 is 34.2 Å². The van der Waals surface area contributed by atoms with E-state index in [4.69, 9.17) is 12.2 Å². The van der Waals surface area contributed by atoms with Crippen molar-refractivity contribution in [1.82, 2.24) is 15.1 Å². The molecule has 2 aliphatic heterocycles. The minimum Gasteiger partial charge on any atom is -0.349 e. The van der Waals surface area contributed by atoms with E-state index in [0.717, 1.165) is 54.8 Å². The van der Waals surface area contributed by atoms with Crippen LogP contribution in [0.4, 0.5) is 0 Å². The predicted molar refractivity (Wildman–Crippen MR) is 95.1 cm³/mol. The van der Waals surface area contributed by atoms with Gasteiger partial charge < -0.3 is 10.2 Å². The first kappa shape index (κ1) is 15.8. The normalized spacial score (nSPS) is 20.4. The predicted octanol–water partition coefficient (Wildman–Crippen LogP) is 2.17. The first-order valence-corrected chi connectivity index (χ1v) is 9.12.